The number of rotatable bonds is 10. The molecule has 1 aromatic heterocycles. The van der Waals surface area contributed by atoms with Crippen molar-refractivity contribution in [3.05, 3.63) is 47.8 Å². The number of hydrogen-bond acceptors (Lipinski definition) is 6. The van der Waals surface area contributed by atoms with Crippen LogP contribution in [0.1, 0.15) is 28.9 Å². The number of hydrogen-bond donors (Lipinski definition) is 1. The average Bonchev–Trinajstić information content (AvgIpc) is 3.24. The average molecular weight is 428 g/mol. The number of benzene rings is 1. The van der Waals surface area contributed by atoms with E-state index in [0.717, 1.165) is 52.1 Å². The van der Waals surface area contributed by atoms with Crippen molar-refractivity contribution < 1.29 is 9.59 Å². The van der Waals surface area contributed by atoms with E-state index in [2.05, 4.69) is 55.8 Å². The van der Waals surface area contributed by atoms with Crippen LogP contribution in [0.5, 0.6) is 0 Å². The van der Waals surface area contributed by atoms with Crippen LogP contribution < -0.4 is 5.32 Å². The molecular weight excluding hydrogens is 394 g/mol. The Kier molecular flexibility index (Phi) is 8.54. The maximum atomic E-state index is 12.2. The Morgan fingerprint density at radius 1 is 1.03 bits per heavy atom. The van der Waals surface area contributed by atoms with Crippen LogP contribution in [0.4, 0.5) is 0 Å². The summed E-state index contributed by atoms with van der Waals surface area (Å²) in [5, 5.41) is 10.6. The van der Waals surface area contributed by atoms with Gasteiger partial charge in [0.2, 0.25) is 5.91 Å². The molecule has 2 amide bonds. The van der Waals surface area contributed by atoms with Crippen LogP contribution in [0.2, 0.25) is 0 Å². The van der Waals surface area contributed by atoms with Crippen LogP contribution in [-0.4, -0.2) is 94.9 Å². The Labute approximate surface area is 184 Å². The van der Waals surface area contributed by atoms with E-state index in [-0.39, 0.29) is 24.1 Å². The zero-order valence-corrected chi connectivity index (χ0v) is 18.5. The van der Waals surface area contributed by atoms with Crippen molar-refractivity contribution >= 4 is 11.8 Å². The molecule has 0 saturated carbocycles. The van der Waals surface area contributed by atoms with Gasteiger partial charge in [0, 0.05) is 53.4 Å². The Morgan fingerprint density at radius 3 is 2.45 bits per heavy atom. The Balaban J connectivity index is 1.27. The Bertz CT molecular complexity index is 829. The van der Waals surface area contributed by atoms with Crippen molar-refractivity contribution in [2.75, 3.05) is 53.4 Å². The van der Waals surface area contributed by atoms with Crippen molar-refractivity contribution in [3.63, 3.8) is 0 Å². The smallest absolute Gasteiger partial charge is 0.273 e. The van der Waals surface area contributed by atoms with Crippen molar-refractivity contribution in [3.8, 4) is 0 Å². The number of carbonyl (C=O) groups excluding carboxylic acids is 2. The molecular formula is C22H33N7O2. The van der Waals surface area contributed by atoms with E-state index in [4.69, 9.17) is 0 Å². The molecule has 31 heavy (non-hydrogen) atoms. The molecule has 1 fully saturated rings. The lowest BCUT2D eigenvalue weighted by atomic mass is 10.2. The highest BCUT2D eigenvalue weighted by atomic mass is 16.2. The third-order valence-corrected chi connectivity index (χ3v) is 5.47. The number of aromatic nitrogens is 3. The van der Waals surface area contributed by atoms with E-state index < -0.39 is 0 Å². The number of amides is 2. The third-order valence-electron chi connectivity index (χ3n) is 5.47. The van der Waals surface area contributed by atoms with Crippen molar-refractivity contribution in [1.82, 2.24) is 35.0 Å². The van der Waals surface area contributed by atoms with Gasteiger partial charge in [0.1, 0.15) is 6.54 Å². The number of carbonyl (C=O) groups is 2. The zero-order valence-electron chi connectivity index (χ0n) is 18.5. The van der Waals surface area contributed by atoms with Crippen LogP contribution >= 0.6 is 0 Å². The summed E-state index contributed by atoms with van der Waals surface area (Å²) in [4.78, 5) is 30.4. The van der Waals surface area contributed by atoms with Crippen LogP contribution in [-0.2, 0) is 17.9 Å². The number of nitrogens with one attached hydrogen (secondary N) is 1. The summed E-state index contributed by atoms with van der Waals surface area (Å²) < 4.78 is 1.38. The van der Waals surface area contributed by atoms with Crippen LogP contribution in [0.25, 0.3) is 0 Å². The van der Waals surface area contributed by atoms with E-state index in [0.29, 0.717) is 6.54 Å². The first-order valence-electron chi connectivity index (χ1n) is 10.9. The summed E-state index contributed by atoms with van der Waals surface area (Å²) in [7, 11) is 3.36. The summed E-state index contributed by atoms with van der Waals surface area (Å²) in [6.45, 7) is 7.13. The lowest BCUT2D eigenvalue weighted by Crippen LogP contribution is -2.46. The van der Waals surface area contributed by atoms with Crippen molar-refractivity contribution in [2.45, 2.75) is 25.9 Å². The molecule has 0 spiro atoms. The molecule has 168 valence electrons. The Morgan fingerprint density at radius 2 is 1.74 bits per heavy atom. The van der Waals surface area contributed by atoms with Gasteiger partial charge in [-0.2, -0.15) is 0 Å². The number of nitrogens with zero attached hydrogens (tertiary/aromatic N) is 6. The van der Waals surface area contributed by atoms with Gasteiger partial charge in [0.15, 0.2) is 5.69 Å². The van der Waals surface area contributed by atoms with Gasteiger partial charge < -0.3 is 15.1 Å². The van der Waals surface area contributed by atoms with Crippen LogP contribution in [0.15, 0.2) is 36.5 Å². The quantitative estimate of drug-likeness (QED) is 0.562. The summed E-state index contributed by atoms with van der Waals surface area (Å²) in [5.74, 6) is -0.351. The lowest BCUT2D eigenvalue weighted by molar-refractivity contribution is -0.129. The van der Waals surface area contributed by atoms with E-state index >= 15 is 0 Å². The van der Waals surface area contributed by atoms with E-state index in [1.807, 2.05) is 0 Å². The van der Waals surface area contributed by atoms with Gasteiger partial charge in [0.05, 0.1) is 6.20 Å². The molecule has 1 aliphatic heterocycles. The van der Waals surface area contributed by atoms with Gasteiger partial charge >= 0.3 is 0 Å². The second-order valence-electron chi connectivity index (χ2n) is 8.16. The molecule has 1 saturated heterocycles. The largest absolute Gasteiger partial charge is 0.351 e. The second-order valence-corrected chi connectivity index (χ2v) is 8.16. The fourth-order valence-corrected chi connectivity index (χ4v) is 3.53. The SMILES string of the molecule is CN(C)C(=O)Cn1cc(C(=O)NCCCCN2CCN(Cc3ccccc3)CC2)nn1. The summed E-state index contributed by atoms with van der Waals surface area (Å²) in [6, 6.07) is 10.6. The molecule has 1 aromatic carbocycles. The van der Waals surface area contributed by atoms with Gasteiger partial charge in [-0.1, -0.05) is 35.5 Å². The predicted molar refractivity (Wildman–Crippen MR) is 118 cm³/mol. The van der Waals surface area contributed by atoms with E-state index in [9.17, 15) is 9.59 Å². The van der Waals surface area contributed by atoms with Gasteiger partial charge in [-0.3, -0.25) is 14.5 Å². The highest BCUT2D eigenvalue weighted by molar-refractivity contribution is 5.91. The lowest BCUT2D eigenvalue weighted by Gasteiger charge is -2.34. The first-order valence-corrected chi connectivity index (χ1v) is 10.9. The fourth-order valence-electron chi connectivity index (χ4n) is 3.53. The van der Waals surface area contributed by atoms with E-state index in [1.165, 1.54) is 21.3 Å². The molecule has 0 atom stereocenters. The van der Waals surface area contributed by atoms with Crippen molar-refractivity contribution in [2.24, 2.45) is 0 Å². The molecule has 2 aromatic rings. The first-order chi connectivity index (χ1) is 15.0. The van der Waals surface area contributed by atoms with Crippen LogP contribution in [0.3, 0.4) is 0 Å². The maximum Gasteiger partial charge on any atom is 0.273 e. The zero-order chi connectivity index (χ0) is 22.1. The van der Waals surface area contributed by atoms with Crippen molar-refractivity contribution in [1.29, 1.82) is 0 Å². The highest BCUT2D eigenvalue weighted by Crippen LogP contribution is 2.09. The van der Waals surface area contributed by atoms with Gasteiger partial charge in [-0.25, -0.2) is 4.68 Å². The number of unbranched alkanes of at least 4 members (excludes halogenated alkanes) is 1. The number of likely N-dealkylation sites (N-methyl/N-ethyl adjacent to an activating group) is 1. The molecule has 0 aliphatic carbocycles. The van der Waals surface area contributed by atoms with Gasteiger partial charge in [0.25, 0.3) is 5.91 Å². The van der Waals surface area contributed by atoms with Crippen LogP contribution in [0, 0.1) is 0 Å². The van der Waals surface area contributed by atoms with Gasteiger partial charge in [-0.05, 0) is 24.9 Å². The predicted octanol–water partition coefficient (Wildman–Crippen LogP) is 0.694. The third kappa shape index (κ3) is 7.45. The van der Waals surface area contributed by atoms with E-state index in [1.54, 1.807) is 14.1 Å². The monoisotopic (exact) mass is 427 g/mol. The summed E-state index contributed by atoms with van der Waals surface area (Å²) >= 11 is 0. The second kappa shape index (κ2) is 11.6. The van der Waals surface area contributed by atoms with Gasteiger partial charge in [-0.15, -0.1) is 5.10 Å². The standard InChI is InChI=1S/C22H33N7O2/c1-26(2)21(30)18-29-17-20(24-25-29)22(31)23-10-6-7-11-27-12-14-28(15-13-27)16-19-8-4-3-5-9-19/h3-5,8-9,17H,6-7,10-16,18H2,1-2H3,(H,23,31). The topological polar surface area (TPSA) is 86.6 Å². The summed E-state index contributed by atoms with van der Waals surface area (Å²) in [5.41, 5.74) is 1.61. The molecule has 1 aliphatic rings. The minimum Gasteiger partial charge on any atom is -0.351 e. The molecule has 2 heterocycles. The highest BCUT2D eigenvalue weighted by Gasteiger charge is 2.17. The molecule has 0 bridgehead atoms. The maximum absolute atomic E-state index is 12.2. The first kappa shape index (κ1) is 22.9. The molecule has 9 heteroatoms. The Hall–Kier alpha value is -2.78. The molecule has 3 rings (SSSR count). The molecule has 1 N–H and O–H groups in total. The fraction of sp³-hybridized carbons (Fsp3) is 0.545. The molecule has 9 nitrogen and oxygen atoms in total. The molecule has 0 radical (unpaired) electrons. The summed E-state index contributed by atoms with van der Waals surface area (Å²) in [6.07, 6.45) is 3.47. The minimum atomic E-state index is -0.252. The normalized spacial score (nSPS) is 15.0. The molecule has 0 unspecified atom stereocenters. The minimum absolute atomic E-state index is 0.0753. The number of piperazine rings is 1.